The van der Waals surface area contributed by atoms with Crippen molar-refractivity contribution in [2.75, 3.05) is 12.3 Å². The number of likely N-dealkylation sites (tertiary alicyclic amines) is 1. The molecule has 102 valence electrons. The van der Waals surface area contributed by atoms with Crippen LogP contribution in [-0.2, 0) is 4.79 Å². The average molecular weight is 270 g/mol. The zero-order valence-corrected chi connectivity index (χ0v) is 9.90. The highest BCUT2D eigenvalue weighted by molar-refractivity contribution is 5.98. The lowest BCUT2D eigenvalue weighted by Gasteiger charge is -2.22. The first-order valence-electron chi connectivity index (χ1n) is 5.70. The quantitative estimate of drug-likeness (QED) is 0.792. The molecular formula is C12H12F2N2O3. The highest BCUT2D eigenvalue weighted by Gasteiger charge is 2.36. The van der Waals surface area contributed by atoms with Gasteiger partial charge in [-0.3, -0.25) is 4.79 Å². The Labute approximate surface area is 107 Å². The van der Waals surface area contributed by atoms with E-state index in [1.54, 1.807) is 0 Å². The van der Waals surface area contributed by atoms with Crippen LogP contribution in [0.3, 0.4) is 0 Å². The molecule has 3 N–H and O–H groups in total. The predicted octanol–water partition coefficient (Wildman–Crippen LogP) is 1.24. The molecular weight excluding hydrogens is 258 g/mol. The van der Waals surface area contributed by atoms with E-state index in [9.17, 15) is 18.4 Å². The van der Waals surface area contributed by atoms with Crippen molar-refractivity contribution in [3.05, 3.63) is 29.3 Å². The van der Waals surface area contributed by atoms with Crippen molar-refractivity contribution in [2.45, 2.75) is 18.9 Å². The van der Waals surface area contributed by atoms with Crippen molar-refractivity contribution in [1.82, 2.24) is 4.90 Å². The predicted molar refractivity (Wildman–Crippen MR) is 62.5 cm³/mol. The standard InChI is InChI=1S/C12H12F2N2O3/c13-6-3-4-7(15)10(14)9(6)11(17)16-5-1-2-8(16)12(18)19/h3-4,8H,1-2,5,15H2,(H,18,19)/t8-/m0/s1. The molecule has 1 aliphatic rings. The number of nitrogens with zero attached hydrogens (tertiary/aromatic N) is 1. The summed E-state index contributed by atoms with van der Waals surface area (Å²) >= 11 is 0. The molecule has 1 aliphatic heterocycles. The van der Waals surface area contributed by atoms with Gasteiger partial charge >= 0.3 is 5.97 Å². The monoisotopic (exact) mass is 270 g/mol. The maximum absolute atomic E-state index is 13.7. The molecule has 0 aliphatic carbocycles. The van der Waals surface area contributed by atoms with E-state index in [1.807, 2.05) is 0 Å². The van der Waals surface area contributed by atoms with Crippen molar-refractivity contribution < 1.29 is 23.5 Å². The molecule has 0 spiro atoms. The van der Waals surface area contributed by atoms with E-state index in [-0.39, 0.29) is 18.7 Å². The van der Waals surface area contributed by atoms with Gasteiger partial charge in [-0.25, -0.2) is 13.6 Å². The normalized spacial score (nSPS) is 18.6. The second-order valence-electron chi connectivity index (χ2n) is 4.32. The second-order valence-corrected chi connectivity index (χ2v) is 4.32. The molecule has 0 saturated carbocycles. The summed E-state index contributed by atoms with van der Waals surface area (Å²) in [5, 5.41) is 8.97. The smallest absolute Gasteiger partial charge is 0.326 e. The molecule has 1 atom stereocenters. The number of amides is 1. The fraction of sp³-hybridized carbons (Fsp3) is 0.333. The van der Waals surface area contributed by atoms with Gasteiger partial charge in [0.15, 0.2) is 5.82 Å². The van der Waals surface area contributed by atoms with Gasteiger partial charge in [-0.15, -0.1) is 0 Å². The van der Waals surface area contributed by atoms with E-state index in [4.69, 9.17) is 10.8 Å². The molecule has 1 aromatic rings. The minimum absolute atomic E-state index is 0.156. The Morgan fingerprint density at radius 3 is 2.68 bits per heavy atom. The van der Waals surface area contributed by atoms with Crippen LogP contribution < -0.4 is 5.73 Å². The largest absolute Gasteiger partial charge is 0.480 e. The topological polar surface area (TPSA) is 83.6 Å². The Morgan fingerprint density at radius 2 is 2.05 bits per heavy atom. The van der Waals surface area contributed by atoms with E-state index in [0.717, 1.165) is 17.0 Å². The summed E-state index contributed by atoms with van der Waals surface area (Å²) < 4.78 is 27.3. The number of aliphatic carboxylic acids is 1. The van der Waals surface area contributed by atoms with Crippen LogP contribution in [0.4, 0.5) is 14.5 Å². The SMILES string of the molecule is Nc1ccc(F)c(C(=O)N2CCC[C@H]2C(=O)O)c1F. The molecule has 0 bridgehead atoms. The van der Waals surface area contributed by atoms with E-state index >= 15 is 0 Å². The van der Waals surface area contributed by atoms with Crippen molar-refractivity contribution in [3.63, 3.8) is 0 Å². The second kappa shape index (κ2) is 4.83. The Kier molecular flexibility index (Phi) is 3.37. The first-order chi connectivity index (χ1) is 8.93. The van der Waals surface area contributed by atoms with E-state index in [2.05, 4.69) is 0 Å². The van der Waals surface area contributed by atoms with Gasteiger partial charge in [-0.2, -0.15) is 0 Å². The van der Waals surface area contributed by atoms with Crippen LogP contribution in [0.15, 0.2) is 12.1 Å². The fourth-order valence-electron chi connectivity index (χ4n) is 2.17. The van der Waals surface area contributed by atoms with E-state index in [0.29, 0.717) is 6.42 Å². The molecule has 2 rings (SSSR count). The molecule has 1 fully saturated rings. The number of carboxylic acid groups (broad SMARTS) is 1. The van der Waals surface area contributed by atoms with Crippen LogP contribution in [0.1, 0.15) is 23.2 Å². The fourth-order valence-corrected chi connectivity index (χ4v) is 2.17. The maximum atomic E-state index is 13.7. The highest BCUT2D eigenvalue weighted by atomic mass is 19.1. The summed E-state index contributed by atoms with van der Waals surface area (Å²) in [5.41, 5.74) is 4.14. The van der Waals surface area contributed by atoms with Gasteiger partial charge in [-0.05, 0) is 25.0 Å². The molecule has 0 aromatic heterocycles. The zero-order chi connectivity index (χ0) is 14.2. The number of halogens is 2. The van der Waals surface area contributed by atoms with Crippen molar-refractivity contribution in [2.24, 2.45) is 0 Å². The highest BCUT2D eigenvalue weighted by Crippen LogP contribution is 2.25. The molecule has 5 nitrogen and oxygen atoms in total. The van der Waals surface area contributed by atoms with Crippen LogP contribution in [0.5, 0.6) is 0 Å². The molecule has 1 aromatic carbocycles. The first kappa shape index (κ1) is 13.3. The Bertz CT molecular complexity index is 548. The number of nitrogen functional groups attached to an aromatic ring is 1. The minimum Gasteiger partial charge on any atom is -0.480 e. The van der Waals surface area contributed by atoms with Crippen LogP contribution in [0, 0.1) is 11.6 Å². The van der Waals surface area contributed by atoms with Crippen LogP contribution in [0.2, 0.25) is 0 Å². The molecule has 1 amide bonds. The van der Waals surface area contributed by atoms with Crippen molar-refractivity contribution >= 4 is 17.6 Å². The van der Waals surface area contributed by atoms with Gasteiger partial charge in [0.25, 0.3) is 5.91 Å². The number of hydrogen-bond acceptors (Lipinski definition) is 3. The number of benzene rings is 1. The molecule has 0 unspecified atom stereocenters. The van der Waals surface area contributed by atoms with E-state index in [1.165, 1.54) is 0 Å². The number of nitrogens with two attached hydrogens (primary N) is 1. The lowest BCUT2D eigenvalue weighted by molar-refractivity contribution is -0.141. The number of carbonyl (C=O) groups excluding carboxylic acids is 1. The molecule has 0 radical (unpaired) electrons. The number of carbonyl (C=O) groups is 2. The number of hydrogen-bond donors (Lipinski definition) is 2. The van der Waals surface area contributed by atoms with Crippen molar-refractivity contribution in [3.8, 4) is 0 Å². The summed E-state index contributed by atoms with van der Waals surface area (Å²) in [4.78, 5) is 24.0. The van der Waals surface area contributed by atoms with Gasteiger partial charge in [0.05, 0.1) is 5.69 Å². The summed E-state index contributed by atoms with van der Waals surface area (Å²) in [7, 11) is 0. The molecule has 7 heteroatoms. The summed E-state index contributed by atoms with van der Waals surface area (Å²) in [6.07, 6.45) is 0.751. The first-order valence-corrected chi connectivity index (χ1v) is 5.70. The van der Waals surface area contributed by atoms with Gasteiger partial charge in [-0.1, -0.05) is 0 Å². The third kappa shape index (κ3) is 2.23. The molecule has 19 heavy (non-hydrogen) atoms. The zero-order valence-electron chi connectivity index (χ0n) is 9.90. The Balaban J connectivity index is 2.40. The third-order valence-electron chi connectivity index (χ3n) is 3.13. The summed E-state index contributed by atoms with van der Waals surface area (Å²) in [5.74, 6) is -4.36. The molecule has 1 heterocycles. The number of anilines is 1. The average Bonchev–Trinajstić information content (AvgIpc) is 2.83. The van der Waals surface area contributed by atoms with Gasteiger partial charge in [0, 0.05) is 6.54 Å². The Morgan fingerprint density at radius 1 is 1.37 bits per heavy atom. The third-order valence-corrected chi connectivity index (χ3v) is 3.13. The number of carboxylic acids is 1. The molecule has 1 saturated heterocycles. The maximum Gasteiger partial charge on any atom is 0.326 e. The summed E-state index contributed by atoms with van der Waals surface area (Å²) in [6.45, 7) is 0.156. The Hall–Kier alpha value is -2.18. The van der Waals surface area contributed by atoms with Gasteiger partial charge < -0.3 is 15.7 Å². The van der Waals surface area contributed by atoms with Crippen LogP contribution in [0.25, 0.3) is 0 Å². The van der Waals surface area contributed by atoms with Gasteiger partial charge in [0.1, 0.15) is 17.4 Å². The van der Waals surface area contributed by atoms with Gasteiger partial charge in [0.2, 0.25) is 0 Å². The van der Waals surface area contributed by atoms with E-state index < -0.39 is 35.1 Å². The lowest BCUT2D eigenvalue weighted by Crippen LogP contribution is -2.41. The minimum atomic E-state index is -1.18. The summed E-state index contributed by atoms with van der Waals surface area (Å²) in [6, 6.07) is 0.852. The lowest BCUT2D eigenvalue weighted by atomic mass is 10.1. The number of rotatable bonds is 2. The van der Waals surface area contributed by atoms with Crippen LogP contribution >= 0.6 is 0 Å². The van der Waals surface area contributed by atoms with Crippen molar-refractivity contribution in [1.29, 1.82) is 0 Å². The van der Waals surface area contributed by atoms with Crippen LogP contribution in [-0.4, -0.2) is 34.5 Å².